The Morgan fingerprint density at radius 3 is 2.49 bits per heavy atom. The standard InChI is InChI=1S/C35H35BINO7/c1-38-34(40)26-18-24(20-44-25-11-7-4-8-12-25)31-27(32(26)35(38)41)19-36(42)45-29(31)14-13-23(22-9-5-3-6-10-22)15-21-16-28(37)33(39)30(17-21)43-2/h3-12,15-17,26-27,29,32,39,42H,13-14,18-20H2,1-2H3/b23-15-/t26-,27+,29-,32-/m1/s1. The highest BCUT2D eigenvalue weighted by molar-refractivity contribution is 14.1. The van der Waals surface area contributed by atoms with E-state index < -0.39 is 25.1 Å². The van der Waals surface area contributed by atoms with Gasteiger partial charge in [0, 0.05) is 7.05 Å². The van der Waals surface area contributed by atoms with Gasteiger partial charge in [0.05, 0.1) is 28.6 Å². The monoisotopic (exact) mass is 719 g/mol. The molecule has 2 heterocycles. The van der Waals surface area contributed by atoms with E-state index in [0.29, 0.717) is 28.6 Å². The van der Waals surface area contributed by atoms with Crippen LogP contribution in [0.3, 0.4) is 0 Å². The van der Waals surface area contributed by atoms with Gasteiger partial charge < -0.3 is 24.3 Å². The van der Waals surface area contributed by atoms with Crippen molar-refractivity contribution in [2.45, 2.75) is 31.7 Å². The maximum Gasteiger partial charge on any atom is 0.455 e. The van der Waals surface area contributed by atoms with Gasteiger partial charge in [0.1, 0.15) is 12.4 Å². The fraction of sp³-hybridized carbons (Fsp3) is 0.314. The number of rotatable bonds is 9. The third-order valence-electron chi connectivity index (χ3n) is 9.12. The van der Waals surface area contributed by atoms with Crippen LogP contribution < -0.4 is 9.47 Å². The SMILES string of the molecule is COc1cc(/C=C(/CC[C@H]2OB(O)C[C@H]3C2=C(COc2ccccc2)C[C@H]2C(=O)N(C)C(=O)[C@H]23)c2ccccc2)cc(I)c1O. The fourth-order valence-electron chi connectivity index (χ4n) is 7.01. The molecule has 0 bridgehead atoms. The molecule has 0 saturated carbocycles. The molecular formula is C35H35BINO7. The molecule has 2 aliphatic heterocycles. The van der Waals surface area contributed by atoms with Crippen LogP contribution in [0.1, 0.15) is 30.4 Å². The Balaban J connectivity index is 1.36. The molecule has 8 nitrogen and oxygen atoms in total. The number of allylic oxidation sites excluding steroid dienone is 1. The molecule has 2 amide bonds. The summed E-state index contributed by atoms with van der Waals surface area (Å²) < 4.78 is 18.5. The van der Waals surface area contributed by atoms with Crippen molar-refractivity contribution in [2.75, 3.05) is 20.8 Å². The summed E-state index contributed by atoms with van der Waals surface area (Å²) in [4.78, 5) is 27.8. The van der Waals surface area contributed by atoms with E-state index in [-0.39, 0.29) is 36.4 Å². The largest absolute Gasteiger partial charge is 0.504 e. The van der Waals surface area contributed by atoms with Crippen LogP contribution in [0.25, 0.3) is 11.6 Å². The Labute approximate surface area is 277 Å². The van der Waals surface area contributed by atoms with Crippen molar-refractivity contribution < 1.29 is 33.8 Å². The van der Waals surface area contributed by atoms with E-state index in [0.717, 1.165) is 33.6 Å². The van der Waals surface area contributed by atoms with Gasteiger partial charge in [0.2, 0.25) is 11.8 Å². The highest BCUT2D eigenvalue weighted by Crippen LogP contribution is 2.50. The lowest BCUT2D eigenvalue weighted by molar-refractivity contribution is -0.138. The number of nitrogens with zero attached hydrogens (tertiary/aromatic N) is 1. The molecule has 0 unspecified atom stereocenters. The summed E-state index contributed by atoms with van der Waals surface area (Å²) in [5.41, 5.74) is 4.90. The number of hydrogen-bond donors (Lipinski definition) is 2. The molecule has 0 aromatic heterocycles. The number of imide groups is 1. The molecule has 6 rings (SSSR count). The van der Waals surface area contributed by atoms with Crippen molar-refractivity contribution in [3.05, 3.63) is 98.6 Å². The molecule has 3 aliphatic rings. The number of fused-ring (bicyclic) bond motifs is 3. The van der Waals surface area contributed by atoms with Gasteiger partial charge in [0.15, 0.2) is 11.5 Å². The number of amides is 2. The average molecular weight is 719 g/mol. The topological polar surface area (TPSA) is 106 Å². The molecule has 10 heteroatoms. The van der Waals surface area contributed by atoms with Gasteiger partial charge >= 0.3 is 7.12 Å². The van der Waals surface area contributed by atoms with Crippen molar-refractivity contribution in [2.24, 2.45) is 17.8 Å². The van der Waals surface area contributed by atoms with E-state index in [1.807, 2.05) is 54.6 Å². The molecule has 2 saturated heterocycles. The van der Waals surface area contributed by atoms with E-state index in [2.05, 4.69) is 40.8 Å². The minimum absolute atomic E-state index is 0.102. The van der Waals surface area contributed by atoms with Crippen LogP contribution in [0.2, 0.25) is 6.32 Å². The lowest BCUT2D eigenvalue weighted by Crippen LogP contribution is -2.46. The second kappa shape index (κ2) is 13.4. The summed E-state index contributed by atoms with van der Waals surface area (Å²) in [5.74, 6) is -0.454. The highest BCUT2D eigenvalue weighted by atomic mass is 127. The predicted octanol–water partition coefficient (Wildman–Crippen LogP) is 5.83. The van der Waals surface area contributed by atoms with Crippen molar-refractivity contribution in [3.8, 4) is 17.2 Å². The second-order valence-corrected chi connectivity index (χ2v) is 12.9. The molecule has 45 heavy (non-hydrogen) atoms. The summed E-state index contributed by atoms with van der Waals surface area (Å²) in [5, 5.41) is 21.3. The van der Waals surface area contributed by atoms with Crippen LogP contribution in [0, 0.1) is 21.3 Å². The number of para-hydroxylation sites is 1. The number of phenolic OH excluding ortho intramolecular Hbond substituents is 1. The number of ether oxygens (including phenoxy) is 2. The fourth-order valence-corrected chi connectivity index (χ4v) is 7.64. The summed E-state index contributed by atoms with van der Waals surface area (Å²) in [6.07, 6.45) is 3.42. The van der Waals surface area contributed by atoms with Crippen molar-refractivity contribution in [3.63, 3.8) is 0 Å². The Kier molecular flexibility index (Phi) is 9.35. The van der Waals surface area contributed by atoms with Gasteiger partial charge in [-0.3, -0.25) is 14.5 Å². The predicted molar refractivity (Wildman–Crippen MR) is 180 cm³/mol. The minimum atomic E-state index is -1.06. The molecule has 2 fully saturated rings. The average Bonchev–Trinajstić information content (AvgIpc) is 3.27. The highest BCUT2D eigenvalue weighted by Gasteiger charge is 2.56. The first-order valence-electron chi connectivity index (χ1n) is 15.1. The van der Waals surface area contributed by atoms with Crippen molar-refractivity contribution in [1.29, 1.82) is 0 Å². The molecule has 0 radical (unpaired) electrons. The molecule has 232 valence electrons. The second-order valence-electron chi connectivity index (χ2n) is 11.8. The zero-order chi connectivity index (χ0) is 31.7. The van der Waals surface area contributed by atoms with Crippen molar-refractivity contribution in [1.82, 2.24) is 4.90 Å². The zero-order valence-electron chi connectivity index (χ0n) is 25.2. The maximum absolute atomic E-state index is 13.4. The van der Waals surface area contributed by atoms with Gasteiger partial charge in [0.25, 0.3) is 0 Å². The molecule has 3 aromatic carbocycles. The van der Waals surface area contributed by atoms with Crippen LogP contribution in [0.15, 0.2) is 83.9 Å². The maximum atomic E-state index is 13.4. The summed E-state index contributed by atoms with van der Waals surface area (Å²) in [7, 11) is 2.02. The van der Waals surface area contributed by atoms with E-state index in [4.69, 9.17) is 14.1 Å². The number of aromatic hydroxyl groups is 1. The molecule has 4 atom stereocenters. The van der Waals surface area contributed by atoms with Crippen LogP contribution >= 0.6 is 22.6 Å². The number of likely N-dealkylation sites (tertiary alicyclic amines) is 1. The molecule has 2 N–H and O–H groups in total. The zero-order valence-corrected chi connectivity index (χ0v) is 27.3. The normalized spacial score (nSPS) is 23.2. The first-order chi connectivity index (χ1) is 21.7. The van der Waals surface area contributed by atoms with E-state index in [9.17, 15) is 19.7 Å². The van der Waals surface area contributed by atoms with Gasteiger partial charge in [-0.25, -0.2) is 0 Å². The van der Waals surface area contributed by atoms with E-state index in [1.165, 1.54) is 12.0 Å². The Hall–Kier alpha value is -3.61. The molecule has 3 aromatic rings. The Morgan fingerprint density at radius 1 is 1.07 bits per heavy atom. The quantitative estimate of drug-likeness (QED) is 0.0943. The third kappa shape index (κ3) is 6.41. The van der Waals surface area contributed by atoms with Gasteiger partial charge in [-0.1, -0.05) is 54.6 Å². The van der Waals surface area contributed by atoms with Crippen molar-refractivity contribution >= 4 is 53.2 Å². The number of benzene rings is 3. The lowest BCUT2D eigenvalue weighted by atomic mass is 9.58. The van der Waals surface area contributed by atoms with Crippen LogP contribution in [0.5, 0.6) is 17.2 Å². The first kappa shape index (κ1) is 31.4. The summed E-state index contributed by atoms with van der Waals surface area (Å²) in [6.45, 7) is 0.271. The van der Waals surface area contributed by atoms with Crippen LogP contribution in [-0.2, 0) is 14.2 Å². The Bertz CT molecular complexity index is 1640. The van der Waals surface area contributed by atoms with E-state index >= 15 is 0 Å². The van der Waals surface area contributed by atoms with Gasteiger partial charge in [-0.2, -0.15) is 0 Å². The third-order valence-corrected chi connectivity index (χ3v) is 9.94. The molecular weight excluding hydrogens is 684 g/mol. The molecule has 0 spiro atoms. The lowest BCUT2D eigenvalue weighted by Gasteiger charge is -2.43. The van der Waals surface area contributed by atoms with Crippen LogP contribution in [-0.4, -0.2) is 60.8 Å². The number of hydrogen-bond acceptors (Lipinski definition) is 7. The van der Waals surface area contributed by atoms with Gasteiger partial charge in [-0.15, -0.1) is 0 Å². The first-order valence-corrected chi connectivity index (χ1v) is 16.2. The number of carbonyl (C=O) groups excluding carboxylic acids is 2. The molecule has 1 aliphatic carbocycles. The number of methoxy groups -OCH3 is 1. The summed E-state index contributed by atoms with van der Waals surface area (Å²) >= 11 is 2.09. The number of carbonyl (C=O) groups is 2. The smallest absolute Gasteiger partial charge is 0.455 e. The minimum Gasteiger partial charge on any atom is -0.504 e. The van der Waals surface area contributed by atoms with Gasteiger partial charge in [-0.05, 0) is 106 Å². The van der Waals surface area contributed by atoms with Crippen LogP contribution in [0.4, 0.5) is 0 Å². The van der Waals surface area contributed by atoms with E-state index in [1.54, 1.807) is 13.1 Å². The number of phenols is 1. The number of halogens is 1. The summed E-state index contributed by atoms with van der Waals surface area (Å²) in [6, 6.07) is 23.3. The Morgan fingerprint density at radius 2 is 1.78 bits per heavy atom.